The largest absolute Gasteiger partial charge is 0.478 e. The smallest absolute Gasteiger partial charge is 0.337 e. The van der Waals surface area contributed by atoms with Gasteiger partial charge in [-0.1, -0.05) is 13.3 Å². The quantitative estimate of drug-likeness (QED) is 0.592. The Kier molecular flexibility index (Phi) is 6.67. The molecule has 0 radical (unpaired) electrons. The summed E-state index contributed by atoms with van der Waals surface area (Å²) >= 11 is 0. The number of carboxylic acid groups (broad SMARTS) is 1. The number of carbonyl (C=O) groups is 1. The second-order valence-electron chi connectivity index (χ2n) is 4.21. The molecule has 1 aromatic heterocycles. The van der Waals surface area contributed by atoms with E-state index < -0.39 is 5.97 Å². The van der Waals surface area contributed by atoms with Crippen LogP contribution in [-0.4, -0.2) is 35.8 Å². The summed E-state index contributed by atoms with van der Waals surface area (Å²) in [5, 5.41) is 12.1. The fourth-order valence-corrected chi connectivity index (χ4v) is 1.54. The highest BCUT2D eigenvalue weighted by Crippen LogP contribution is 2.16. The van der Waals surface area contributed by atoms with Crippen LogP contribution in [0.2, 0.25) is 0 Å². The topological polar surface area (TPSA) is 97.5 Å². The molecule has 0 aliphatic heterocycles. The van der Waals surface area contributed by atoms with Gasteiger partial charge in [0.05, 0.1) is 17.4 Å². The number of nitrogens with zero attached hydrogens (tertiary/aromatic N) is 1. The molecule has 0 amide bonds. The number of pyridine rings is 1. The average molecular weight is 267 g/mol. The van der Waals surface area contributed by atoms with Crippen LogP contribution in [0.15, 0.2) is 12.3 Å². The molecule has 0 saturated heterocycles. The summed E-state index contributed by atoms with van der Waals surface area (Å²) < 4.78 is 5.42. The van der Waals surface area contributed by atoms with Crippen molar-refractivity contribution < 1.29 is 14.6 Å². The summed E-state index contributed by atoms with van der Waals surface area (Å²) in [6.45, 7) is 4.20. The minimum Gasteiger partial charge on any atom is -0.478 e. The predicted molar refractivity (Wildman–Crippen MR) is 74.4 cm³/mol. The van der Waals surface area contributed by atoms with Crippen LogP contribution in [-0.2, 0) is 4.74 Å². The Labute approximate surface area is 113 Å². The van der Waals surface area contributed by atoms with Gasteiger partial charge in [0, 0.05) is 19.8 Å². The number of hydrogen-bond donors (Lipinski definition) is 3. The van der Waals surface area contributed by atoms with Crippen molar-refractivity contribution in [1.29, 1.82) is 0 Å². The van der Waals surface area contributed by atoms with Gasteiger partial charge in [0.1, 0.15) is 5.82 Å². The van der Waals surface area contributed by atoms with E-state index >= 15 is 0 Å². The first-order valence-corrected chi connectivity index (χ1v) is 6.45. The van der Waals surface area contributed by atoms with Gasteiger partial charge >= 0.3 is 5.97 Å². The lowest BCUT2D eigenvalue weighted by atomic mass is 10.2. The Morgan fingerprint density at radius 2 is 2.21 bits per heavy atom. The molecule has 0 aliphatic rings. The molecule has 1 rings (SSSR count). The number of aromatic carboxylic acids is 1. The average Bonchev–Trinajstić information content (AvgIpc) is 2.39. The fraction of sp³-hybridized carbons (Fsp3) is 0.538. The Bertz CT molecular complexity index is 410. The maximum atomic E-state index is 11.0. The van der Waals surface area contributed by atoms with E-state index in [9.17, 15) is 4.79 Å². The van der Waals surface area contributed by atoms with Crippen molar-refractivity contribution in [2.24, 2.45) is 0 Å². The lowest BCUT2D eigenvalue weighted by molar-refractivity contribution is 0.0698. The minimum atomic E-state index is -1.02. The Morgan fingerprint density at radius 1 is 1.47 bits per heavy atom. The minimum absolute atomic E-state index is 0.138. The molecule has 4 N–H and O–H groups in total. The monoisotopic (exact) mass is 267 g/mol. The Hall–Kier alpha value is -1.82. The molecule has 0 unspecified atom stereocenters. The molecule has 6 nitrogen and oxygen atoms in total. The molecule has 0 saturated carbocycles. The van der Waals surface area contributed by atoms with Crippen molar-refractivity contribution in [2.45, 2.75) is 26.2 Å². The van der Waals surface area contributed by atoms with Crippen molar-refractivity contribution in [3.8, 4) is 0 Å². The van der Waals surface area contributed by atoms with Gasteiger partial charge in [0.15, 0.2) is 0 Å². The zero-order valence-corrected chi connectivity index (χ0v) is 11.2. The first-order valence-electron chi connectivity index (χ1n) is 6.45. The summed E-state index contributed by atoms with van der Waals surface area (Å²) in [5.74, 6) is -0.818. The predicted octanol–water partition coefficient (Wildman–Crippen LogP) is 1.98. The van der Waals surface area contributed by atoms with E-state index in [1.807, 2.05) is 0 Å². The van der Waals surface area contributed by atoms with Crippen LogP contribution in [0.1, 0.15) is 36.5 Å². The summed E-state index contributed by atoms with van der Waals surface area (Å²) in [5.41, 5.74) is 6.09. The zero-order chi connectivity index (χ0) is 14.1. The summed E-state index contributed by atoms with van der Waals surface area (Å²) in [7, 11) is 0. The number of anilines is 2. The molecule has 0 aliphatic carbocycles. The molecule has 19 heavy (non-hydrogen) atoms. The summed E-state index contributed by atoms with van der Waals surface area (Å²) in [6, 6.07) is 1.35. The number of hydrogen-bond acceptors (Lipinski definition) is 5. The van der Waals surface area contributed by atoms with Crippen molar-refractivity contribution in [3.05, 3.63) is 17.8 Å². The van der Waals surface area contributed by atoms with Crippen LogP contribution in [0.25, 0.3) is 0 Å². The third kappa shape index (κ3) is 5.56. The molecule has 0 bridgehead atoms. The van der Waals surface area contributed by atoms with E-state index in [1.165, 1.54) is 12.3 Å². The molecule has 0 spiro atoms. The van der Waals surface area contributed by atoms with Crippen molar-refractivity contribution in [1.82, 2.24) is 4.98 Å². The van der Waals surface area contributed by atoms with E-state index in [-0.39, 0.29) is 11.4 Å². The van der Waals surface area contributed by atoms with E-state index in [0.717, 1.165) is 25.9 Å². The van der Waals surface area contributed by atoms with Crippen LogP contribution in [0, 0.1) is 0 Å². The molecule has 1 aromatic rings. The number of nitrogens with one attached hydrogen (secondary N) is 1. The van der Waals surface area contributed by atoms with Crippen molar-refractivity contribution in [2.75, 3.05) is 30.8 Å². The lowest BCUT2D eigenvalue weighted by Crippen LogP contribution is -2.11. The van der Waals surface area contributed by atoms with Gasteiger partial charge in [-0.05, 0) is 18.9 Å². The van der Waals surface area contributed by atoms with Gasteiger partial charge < -0.3 is 20.9 Å². The standard InChI is InChI=1S/C13H21N3O3/c1-2-3-6-19-7-4-5-15-11-9-16-12(14)8-10(11)13(17)18/h8-9,15H,2-7H2,1H3,(H2,14,16)(H,17,18). The molecular formula is C13H21N3O3. The number of aromatic nitrogens is 1. The Morgan fingerprint density at radius 3 is 2.89 bits per heavy atom. The number of nitrogen functional groups attached to an aromatic ring is 1. The van der Waals surface area contributed by atoms with Crippen LogP contribution in [0.3, 0.4) is 0 Å². The molecule has 106 valence electrons. The van der Waals surface area contributed by atoms with Gasteiger partial charge in [0.2, 0.25) is 0 Å². The second kappa shape index (κ2) is 8.31. The highest BCUT2D eigenvalue weighted by molar-refractivity contribution is 5.94. The second-order valence-corrected chi connectivity index (χ2v) is 4.21. The van der Waals surface area contributed by atoms with Crippen molar-refractivity contribution in [3.63, 3.8) is 0 Å². The highest BCUT2D eigenvalue weighted by Gasteiger charge is 2.10. The van der Waals surface area contributed by atoms with Gasteiger partial charge in [0.25, 0.3) is 0 Å². The summed E-state index contributed by atoms with van der Waals surface area (Å²) in [6.07, 6.45) is 4.44. The van der Waals surface area contributed by atoms with Crippen LogP contribution in [0.5, 0.6) is 0 Å². The van der Waals surface area contributed by atoms with Crippen LogP contribution < -0.4 is 11.1 Å². The van der Waals surface area contributed by atoms with E-state index in [1.54, 1.807) is 0 Å². The lowest BCUT2D eigenvalue weighted by Gasteiger charge is -2.09. The van der Waals surface area contributed by atoms with Gasteiger partial charge in [-0.15, -0.1) is 0 Å². The number of nitrogens with two attached hydrogens (primary N) is 1. The number of carboxylic acids is 1. The molecular weight excluding hydrogens is 246 g/mol. The highest BCUT2D eigenvalue weighted by atomic mass is 16.5. The molecule has 0 fully saturated rings. The van der Waals surface area contributed by atoms with Gasteiger partial charge in [-0.3, -0.25) is 0 Å². The first kappa shape index (κ1) is 15.2. The summed E-state index contributed by atoms with van der Waals surface area (Å²) in [4.78, 5) is 14.9. The first-order chi connectivity index (χ1) is 9.15. The number of rotatable bonds is 9. The van der Waals surface area contributed by atoms with Crippen molar-refractivity contribution >= 4 is 17.5 Å². The van der Waals surface area contributed by atoms with Crippen LogP contribution >= 0.6 is 0 Å². The zero-order valence-electron chi connectivity index (χ0n) is 11.2. The third-order valence-corrected chi connectivity index (χ3v) is 2.58. The molecule has 0 aromatic carbocycles. The van der Waals surface area contributed by atoms with Crippen LogP contribution in [0.4, 0.5) is 11.5 Å². The SMILES string of the molecule is CCCCOCCCNc1cnc(N)cc1C(=O)O. The van der Waals surface area contributed by atoms with Gasteiger partial charge in [-0.25, -0.2) is 9.78 Å². The number of unbranched alkanes of at least 4 members (excludes halogenated alkanes) is 1. The molecule has 1 heterocycles. The maximum Gasteiger partial charge on any atom is 0.337 e. The third-order valence-electron chi connectivity index (χ3n) is 2.58. The van der Waals surface area contributed by atoms with E-state index in [4.69, 9.17) is 15.6 Å². The van der Waals surface area contributed by atoms with E-state index in [2.05, 4.69) is 17.2 Å². The normalized spacial score (nSPS) is 10.4. The number of ether oxygens (including phenoxy) is 1. The van der Waals surface area contributed by atoms with Gasteiger partial charge in [-0.2, -0.15) is 0 Å². The Balaban J connectivity index is 2.35. The fourth-order valence-electron chi connectivity index (χ4n) is 1.54. The van der Waals surface area contributed by atoms with E-state index in [0.29, 0.717) is 18.8 Å². The molecule has 0 atom stereocenters. The molecule has 6 heteroatoms. The maximum absolute atomic E-state index is 11.0.